The zero-order valence-corrected chi connectivity index (χ0v) is 14.5. The molecule has 0 bridgehead atoms. The Morgan fingerprint density at radius 1 is 1.28 bits per heavy atom. The Morgan fingerprint density at radius 2 is 2.00 bits per heavy atom. The zero-order chi connectivity index (χ0) is 18.4. The summed E-state index contributed by atoms with van der Waals surface area (Å²) in [5.41, 5.74) is 0.109. The number of rotatable bonds is 7. The number of methoxy groups -OCH3 is 1. The molecule has 2 rings (SSSR count). The Labute approximate surface area is 145 Å². The molecule has 0 fully saturated rings. The minimum absolute atomic E-state index is 0.0249. The molecular weight excluding hydrogens is 324 g/mol. The lowest BCUT2D eigenvalue weighted by Gasteiger charge is -2.13. The Balaban J connectivity index is 2.32. The molecule has 1 heterocycles. The normalized spacial score (nSPS) is 10.9. The standard InChI is InChI=1S/C17H22N4O4/c1-11(2)19-14(22)10-18-16(23)15-20-13-7-5-4-6-12(13)17(24)21(15)8-9-25-3/h4-7,11H,8-10H2,1-3H3,(H,18,23)(H,19,22). The highest BCUT2D eigenvalue weighted by atomic mass is 16.5. The molecule has 0 saturated heterocycles. The van der Waals surface area contributed by atoms with E-state index in [-0.39, 0.29) is 43.0 Å². The van der Waals surface area contributed by atoms with Gasteiger partial charge in [-0.3, -0.25) is 19.0 Å². The molecule has 0 atom stereocenters. The molecule has 0 aliphatic carbocycles. The number of nitrogens with one attached hydrogen (secondary N) is 2. The van der Waals surface area contributed by atoms with E-state index in [1.165, 1.54) is 11.7 Å². The minimum atomic E-state index is -0.585. The number of aromatic nitrogens is 2. The summed E-state index contributed by atoms with van der Waals surface area (Å²) in [5, 5.41) is 5.60. The number of hydrogen-bond donors (Lipinski definition) is 2. The molecular formula is C17H22N4O4. The second-order valence-electron chi connectivity index (χ2n) is 5.81. The van der Waals surface area contributed by atoms with Crippen LogP contribution in [0.1, 0.15) is 24.5 Å². The monoisotopic (exact) mass is 346 g/mol. The molecule has 0 saturated carbocycles. The summed E-state index contributed by atoms with van der Waals surface area (Å²) in [7, 11) is 1.51. The number of hydrogen-bond acceptors (Lipinski definition) is 5. The largest absolute Gasteiger partial charge is 0.383 e. The summed E-state index contributed by atoms with van der Waals surface area (Å²) in [6, 6.07) is 6.78. The van der Waals surface area contributed by atoms with Crippen LogP contribution in [0.3, 0.4) is 0 Å². The lowest BCUT2D eigenvalue weighted by atomic mass is 10.2. The van der Waals surface area contributed by atoms with Crippen molar-refractivity contribution in [1.82, 2.24) is 20.2 Å². The molecule has 8 heteroatoms. The van der Waals surface area contributed by atoms with Gasteiger partial charge < -0.3 is 15.4 Å². The van der Waals surface area contributed by atoms with Crippen LogP contribution in [0.2, 0.25) is 0 Å². The molecule has 1 aromatic heterocycles. The molecule has 2 amide bonds. The van der Waals surface area contributed by atoms with Crippen molar-refractivity contribution in [3.8, 4) is 0 Å². The summed E-state index contributed by atoms with van der Waals surface area (Å²) in [6.45, 7) is 3.91. The number of amides is 2. The first kappa shape index (κ1) is 18.6. The van der Waals surface area contributed by atoms with Crippen molar-refractivity contribution in [3.05, 3.63) is 40.4 Å². The summed E-state index contributed by atoms with van der Waals surface area (Å²) in [4.78, 5) is 41.1. The fourth-order valence-electron chi connectivity index (χ4n) is 2.34. The van der Waals surface area contributed by atoms with E-state index < -0.39 is 5.91 Å². The highest BCUT2D eigenvalue weighted by Gasteiger charge is 2.18. The number of carbonyl (C=O) groups is 2. The van der Waals surface area contributed by atoms with Gasteiger partial charge in [0, 0.05) is 13.2 Å². The molecule has 2 N–H and O–H groups in total. The Bertz CT molecular complexity index is 829. The van der Waals surface area contributed by atoms with Gasteiger partial charge in [-0.25, -0.2) is 4.98 Å². The second kappa shape index (κ2) is 8.39. The van der Waals surface area contributed by atoms with Gasteiger partial charge in [0.2, 0.25) is 11.7 Å². The number of para-hydroxylation sites is 1. The van der Waals surface area contributed by atoms with Gasteiger partial charge in [0.25, 0.3) is 11.5 Å². The van der Waals surface area contributed by atoms with E-state index in [1.807, 2.05) is 13.8 Å². The summed E-state index contributed by atoms with van der Waals surface area (Å²) < 4.78 is 6.27. The maximum Gasteiger partial charge on any atom is 0.287 e. The van der Waals surface area contributed by atoms with Crippen LogP contribution in [0, 0.1) is 0 Å². The average molecular weight is 346 g/mol. The Kier molecular flexibility index (Phi) is 6.24. The van der Waals surface area contributed by atoms with Crippen molar-refractivity contribution in [2.24, 2.45) is 0 Å². The molecule has 0 aliphatic heterocycles. The Morgan fingerprint density at radius 3 is 2.68 bits per heavy atom. The van der Waals surface area contributed by atoms with Gasteiger partial charge in [0.1, 0.15) is 0 Å². The van der Waals surface area contributed by atoms with Crippen molar-refractivity contribution in [2.75, 3.05) is 20.3 Å². The SMILES string of the molecule is COCCn1c(C(=O)NCC(=O)NC(C)C)nc2ccccc2c1=O. The highest BCUT2D eigenvalue weighted by molar-refractivity contribution is 5.95. The van der Waals surface area contributed by atoms with Gasteiger partial charge in [-0.2, -0.15) is 0 Å². The lowest BCUT2D eigenvalue weighted by Crippen LogP contribution is -2.42. The predicted molar refractivity (Wildman–Crippen MR) is 93.5 cm³/mol. The van der Waals surface area contributed by atoms with Gasteiger partial charge in [-0.15, -0.1) is 0 Å². The van der Waals surface area contributed by atoms with Crippen LogP contribution in [0.4, 0.5) is 0 Å². The van der Waals surface area contributed by atoms with Crippen molar-refractivity contribution in [2.45, 2.75) is 26.4 Å². The number of nitrogens with zero attached hydrogens (tertiary/aromatic N) is 2. The quantitative estimate of drug-likeness (QED) is 0.751. The van der Waals surface area contributed by atoms with Crippen LogP contribution < -0.4 is 16.2 Å². The molecule has 0 spiro atoms. The average Bonchev–Trinajstić information content (AvgIpc) is 2.58. The van der Waals surface area contributed by atoms with E-state index in [0.717, 1.165) is 0 Å². The van der Waals surface area contributed by atoms with E-state index in [4.69, 9.17) is 4.74 Å². The van der Waals surface area contributed by atoms with Gasteiger partial charge in [-0.1, -0.05) is 12.1 Å². The van der Waals surface area contributed by atoms with Crippen LogP contribution in [-0.4, -0.2) is 47.7 Å². The number of ether oxygens (including phenoxy) is 1. The number of fused-ring (bicyclic) bond motifs is 1. The first-order valence-electron chi connectivity index (χ1n) is 8.00. The maximum atomic E-state index is 12.7. The van der Waals surface area contributed by atoms with E-state index in [1.54, 1.807) is 24.3 Å². The van der Waals surface area contributed by atoms with Crippen LogP contribution >= 0.6 is 0 Å². The van der Waals surface area contributed by atoms with Crippen molar-refractivity contribution < 1.29 is 14.3 Å². The minimum Gasteiger partial charge on any atom is -0.383 e. The molecule has 2 aromatic rings. The van der Waals surface area contributed by atoms with Crippen LogP contribution in [0.15, 0.2) is 29.1 Å². The number of carbonyl (C=O) groups excluding carboxylic acids is 2. The fourth-order valence-corrected chi connectivity index (χ4v) is 2.34. The third-order valence-electron chi connectivity index (χ3n) is 3.44. The molecule has 0 aliphatic rings. The predicted octanol–water partition coefficient (Wildman–Crippen LogP) is 0.297. The summed E-state index contributed by atoms with van der Waals surface area (Å²) >= 11 is 0. The first-order chi connectivity index (χ1) is 11.9. The molecule has 8 nitrogen and oxygen atoms in total. The fraction of sp³-hybridized carbons (Fsp3) is 0.412. The van der Waals surface area contributed by atoms with Crippen LogP contribution in [0.5, 0.6) is 0 Å². The number of benzene rings is 1. The third-order valence-corrected chi connectivity index (χ3v) is 3.44. The van der Waals surface area contributed by atoms with Gasteiger partial charge in [0.15, 0.2) is 0 Å². The molecule has 0 radical (unpaired) electrons. The van der Waals surface area contributed by atoms with Crippen molar-refractivity contribution >= 4 is 22.7 Å². The van der Waals surface area contributed by atoms with E-state index >= 15 is 0 Å². The third kappa shape index (κ3) is 4.63. The lowest BCUT2D eigenvalue weighted by molar-refractivity contribution is -0.120. The summed E-state index contributed by atoms with van der Waals surface area (Å²) in [6.07, 6.45) is 0. The first-order valence-corrected chi connectivity index (χ1v) is 8.00. The molecule has 1 aromatic carbocycles. The molecule has 134 valence electrons. The van der Waals surface area contributed by atoms with Gasteiger partial charge in [0.05, 0.1) is 30.6 Å². The topological polar surface area (TPSA) is 102 Å². The molecule has 25 heavy (non-hydrogen) atoms. The zero-order valence-electron chi connectivity index (χ0n) is 14.5. The summed E-state index contributed by atoms with van der Waals surface area (Å²) in [5.74, 6) is -0.939. The smallest absolute Gasteiger partial charge is 0.287 e. The molecule has 0 unspecified atom stereocenters. The van der Waals surface area contributed by atoms with Crippen LogP contribution in [-0.2, 0) is 16.1 Å². The van der Waals surface area contributed by atoms with Crippen molar-refractivity contribution in [3.63, 3.8) is 0 Å². The van der Waals surface area contributed by atoms with Gasteiger partial charge >= 0.3 is 0 Å². The highest BCUT2D eigenvalue weighted by Crippen LogP contribution is 2.08. The van der Waals surface area contributed by atoms with Crippen LogP contribution in [0.25, 0.3) is 10.9 Å². The Hall–Kier alpha value is -2.74. The van der Waals surface area contributed by atoms with E-state index in [2.05, 4.69) is 15.6 Å². The van der Waals surface area contributed by atoms with Gasteiger partial charge in [-0.05, 0) is 26.0 Å². The van der Waals surface area contributed by atoms with Crippen molar-refractivity contribution in [1.29, 1.82) is 0 Å². The maximum absolute atomic E-state index is 12.7. The second-order valence-corrected chi connectivity index (χ2v) is 5.81. The van der Waals surface area contributed by atoms with E-state index in [0.29, 0.717) is 10.9 Å². The van der Waals surface area contributed by atoms with E-state index in [9.17, 15) is 14.4 Å².